The first-order valence-electron chi connectivity index (χ1n) is 9.99. The third-order valence-electron chi connectivity index (χ3n) is 4.60. The van der Waals surface area contributed by atoms with Gasteiger partial charge in [0.15, 0.2) is 0 Å². The van der Waals surface area contributed by atoms with Crippen LogP contribution in [0.4, 0.5) is 23.2 Å². The van der Waals surface area contributed by atoms with Gasteiger partial charge in [0.05, 0.1) is 5.56 Å². The molecule has 32 heavy (non-hydrogen) atoms. The van der Waals surface area contributed by atoms with E-state index in [4.69, 9.17) is 0 Å². The Kier molecular flexibility index (Phi) is 8.32. The molecule has 0 bridgehead atoms. The average Bonchev–Trinajstić information content (AvgIpc) is 2.74. The van der Waals surface area contributed by atoms with Crippen LogP contribution in [0.5, 0.6) is 0 Å². The molecule has 0 amide bonds. The van der Waals surface area contributed by atoms with E-state index in [1.807, 2.05) is 0 Å². The number of hydrogen-bond acceptors (Lipinski definition) is 3. The lowest BCUT2D eigenvalue weighted by Gasteiger charge is -2.12. The van der Waals surface area contributed by atoms with Crippen LogP contribution in [0, 0.1) is 5.82 Å². The van der Waals surface area contributed by atoms with Crippen LogP contribution in [0.1, 0.15) is 23.6 Å². The third kappa shape index (κ3) is 7.07. The van der Waals surface area contributed by atoms with Gasteiger partial charge in [-0.3, -0.25) is 0 Å². The minimum absolute atomic E-state index is 0.320. The van der Waals surface area contributed by atoms with Crippen LogP contribution in [0.15, 0.2) is 88.8 Å². The molecular formula is C25H23F4NS2. The molecule has 0 radical (unpaired) electrons. The predicted octanol–water partition coefficient (Wildman–Crippen LogP) is 8.42. The van der Waals surface area contributed by atoms with Crippen LogP contribution in [0.2, 0.25) is 0 Å². The summed E-state index contributed by atoms with van der Waals surface area (Å²) in [6.45, 7) is 6.15. The highest BCUT2D eigenvalue weighted by Crippen LogP contribution is 2.32. The van der Waals surface area contributed by atoms with Crippen molar-refractivity contribution in [2.45, 2.75) is 35.1 Å². The van der Waals surface area contributed by atoms with Gasteiger partial charge in [0.1, 0.15) is 5.82 Å². The van der Waals surface area contributed by atoms with Gasteiger partial charge in [0.2, 0.25) is 0 Å². The van der Waals surface area contributed by atoms with Crippen molar-refractivity contribution in [1.29, 1.82) is 0 Å². The molecule has 0 spiro atoms. The van der Waals surface area contributed by atoms with Crippen molar-refractivity contribution in [3.05, 3.63) is 102 Å². The van der Waals surface area contributed by atoms with E-state index in [-0.39, 0.29) is 5.82 Å². The summed E-state index contributed by atoms with van der Waals surface area (Å²) < 4.78 is 52.5. The summed E-state index contributed by atoms with van der Waals surface area (Å²) in [6, 6.07) is 18.0. The number of nitrogens with one attached hydrogen (secondary N) is 1. The number of thioether (sulfide) groups is 2. The lowest BCUT2D eigenvalue weighted by molar-refractivity contribution is -0.137. The molecule has 0 atom stereocenters. The summed E-state index contributed by atoms with van der Waals surface area (Å²) in [5, 5.41) is 3.14. The van der Waals surface area contributed by atoms with E-state index in [0.717, 1.165) is 29.1 Å². The molecule has 0 aliphatic carbocycles. The van der Waals surface area contributed by atoms with Gasteiger partial charge in [-0.05, 0) is 65.4 Å². The molecule has 0 unspecified atom stereocenters. The second-order valence-corrected chi connectivity index (χ2v) is 9.49. The van der Waals surface area contributed by atoms with Crippen molar-refractivity contribution in [3.63, 3.8) is 0 Å². The number of allylic oxidation sites excluding steroid dienone is 1. The van der Waals surface area contributed by atoms with Gasteiger partial charge in [-0.1, -0.05) is 31.7 Å². The van der Waals surface area contributed by atoms with Gasteiger partial charge < -0.3 is 5.32 Å². The second kappa shape index (κ2) is 11.0. The Balaban J connectivity index is 1.54. The van der Waals surface area contributed by atoms with Gasteiger partial charge >= 0.3 is 6.18 Å². The Hall–Kier alpha value is -2.38. The van der Waals surface area contributed by atoms with E-state index in [0.29, 0.717) is 28.3 Å². The van der Waals surface area contributed by atoms with Gasteiger partial charge in [-0.2, -0.15) is 13.2 Å². The van der Waals surface area contributed by atoms with Crippen LogP contribution in [0.3, 0.4) is 0 Å². The zero-order chi connectivity index (χ0) is 23.1. The van der Waals surface area contributed by atoms with E-state index in [9.17, 15) is 17.6 Å². The van der Waals surface area contributed by atoms with E-state index in [1.54, 1.807) is 23.9 Å². The maximum absolute atomic E-state index is 14.5. The van der Waals surface area contributed by atoms with Gasteiger partial charge in [-0.25, -0.2) is 4.39 Å². The first-order valence-corrected chi connectivity index (χ1v) is 12.0. The zero-order valence-electron chi connectivity index (χ0n) is 17.5. The monoisotopic (exact) mass is 477 g/mol. The normalized spacial score (nSPS) is 11.4. The van der Waals surface area contributed by atoms with Crippen molar-refractivity contribution in [3.8, 4) is 0 Å². The fourth-order valence-electron chi connectivity index (χ4n) is 3.01. The predicted molar refractivity (Wildman–Crippen MR) is 127 cm³/mol. The summed E-state index contributed by atoms with van der Waals surface area (Å²) in [4.78, 5) is 1.87. The van der Waals surface area contributed by atoms with Crippen molar-refractivity contribution >= 4 is 29.2 Å². The minimum Gasteiger partial charge on any atom is -0.359 e. The van der Waals surface area contributed by atoms with Gasteiger partial charge in [0.25, 0.3) is 0 Å². The van der Waals surface area contributed by atoms with Crippen LogP contribution in [0.25, 0.3) is 0 Å². The quantitative estimate of drug-likeness (QED) is 0.245. The minimum atomic E-state index is -4.36. The largest absolute Gasteiger partial charge is 0.416 e. The van der Waals surface area contributed by atoms with E-state index < -0.39 is 11.7 Å². The fraction of sp³-hybridized carbons (Fsp3) is 0.200. The second-order valence-electron chi connectivity index (χ2n) is 7.10. The first-order chi connectivity index (χ1) is 15.2. The molecule has 3 rings (SSSR count). The summed E-state index contributed by atoms with van der Waals surface area (Å²) in [5.74, 6) is 0.974. The highest BCUT2D eigenvalue weighted by atomic mass is 32.2. The number of anilines is 1. The molecule has 0 fully saturated rings. The Morgan fingerprint density at radius 1 is 0.906 bits per heavy atom. The molecule has 3 aromatic carbocycles. The third-order valence-corrected chi connectivity index (χ3v) is 6.56. The standard InChI is InChI=1S/C25H23F4NS2/c1-3-31-22-10-4-18(5-11-22)14-17(2)30-21-9-6-19(24(26)15-21)16-32-23-12-7-20(8-13-23)25(27,28)29/h4-13,15,30H,2-3,14,16H2,1H3. The lowest BCUT2D eigenvalue weighted by atomic mass is 10.1. The maximum Gasteiger partial charge on any atom is 0.416 e. The molecule has 0 aliphatic heterocycles. The topological polar surface area (TPSA) is 12.0 Å². The summed E-state index contributed by atoms with van der Waals surface area (Å²) in [5.41, 5.74) is 2.27. The van der Waals surface area contributed by atoms with Crippen molar-refractivity contribution in [2.24, 2.45) is 0 Å². The molecule has 0 aliphatic rings. The smallest absolute Gasteiger partial charge is 0.359 e. The highest BCUT2D eigenvalue weighted by molar-refractivity contribution is 7.99. The molecule has 1 N–H and O–H groups in total. The summed E-state index contributed by atoms with van der Waals surface area (Å²) >= 11 is 3.07. The highest BCUT2D eigenvalue weighted by Gasteiger charge is 2.29. The van der Waals surface area contributed by atoms with Crippen molar-refractivity contribution < 1.29 is 17.6 Å². The van der Waals surface area contributed by atoms with Crippen LogP contribution in [-0.4, -0.2) is 5.75 Å². The molecule has 7 heteroatoms. The summed E-state index contributed by atoms with van der Waals surface area (Å²) in [6.07, 6.45) is -3.73. The average molecular weight is 478 g/mol. The van der Waals surface area contributed by atoms with E-state index in [1.165, 1.54) is 34.9 Å². The first kappa shape index (κ1) is 24.3. The Morgan fingerprint density at radius 3 is 2.12 bits per heavy atom. The molecular weight excluding hydrogens is 454 g/mol. The molecule has 0 saturated carbocycles. The number of halogens is 4. The van der Waals surface area contributed by atoms with E-state index in [2.05, 4.69) is 43.1 Å². The zero-order valence-corrected chi connectivity index (χ0v) is 19.1. The lowest BCUT2D eigenvalue weighted by Crippen LogP contribution is -2.04. The van der Waals surface area contributed by atoms with Crippen molar-refractivity contribution in [1.82, 2.24) is 0 Å². The van der Waals surface area contributed by atoms with Crippen LogP contribution >= 0.6 is 23.5 Å². The molecule has 168 valence electrons. The molecule has 3 aromatic rings. The number of rotatable bonds is 9. The van der Waals surface area contributed by atoms with Gasteiger partial charge in [0, 0.05) is 33.3 Å². The SMILES string of the molecule is C=C(Cc1ccc(SCC)cc1)Nc1ccc(CSc2ccc(C(F)(F)F)cc2)c(F)c1. The Morgan fingerprint density at radius 2 is 1.53 bits per heavy atom. The molecule has 1 nitrogen and oxygen atoms in total. The molecule has 0 saturated heterocycles. The van der Waals surface area contributed by atoms with E-state index >= 15 is 0 Å². The van der Waals surface area contributed by atoms with Gasteiger partial charge in [-0.15, -0.1) is 23.5 Å². The summed E-state index contributed by atoms with van der Waals surface area (Å²) in [7, 11) is 0. The van der Waals surface area contributed by atoms with Crippen LogP contribution in [-0.2, 0) is 18.3 Å². The Bertz CT molecular complexity index is 1050. The van der Waals surface area contributed by atoms with Crippen molar-refractivity contribution in [2.75, 3.05) is 11.1 Å². The van der Waals surface area contributed by atoms with Crippen LogP contribution < -0.4 is 5.32 Å². The maximum atomic E-state index is 14.5. The fourth-order valence-corrected chi connectivity index (χ4v) is 4.55. The number of alkyl halides is 3. The Labute approximate surface area is 194 Å². The molecule has 0 aromatic heterocycles. The number of hydrogen-bond donors (Lipinski definition) is 1. The molecule has 0 heterocycles. The number of benzene rings is 3.